The Morgan fingerprint density at radius 3 is 2.62 bits per heavy atom. The summed E-state index contributed by atoms with van der Waals surface area (Å²) in [5.41, 5.74) is 3.05. The van der Waals surface area contributed by atoms with E-state index in [9.17, 15) is 4.79 Å². The minimum atomic E-state index is -0.121. The van der Waals surface area contributed by atoms with Crippen molar-refractivity contribution in [1.82, 2.24) is 14.9 Å². The fraction of sp³-hybridized carbons (Fsp3) is 0.308. The van der Waals surface area contributed by atoms with Gasteiger partial charge in [0.15, 0.2) is 0 Å². The third-order valence-corrected chi connectivity index (χ3v) is 4.62. The number of thioether (sulfide) groups is 1. The monoisotopic (exact) mass is 369 g/mol. The summed E-state index contributed by atoms with van der Waals surface area (Å²) in [6.45, 7) is 5.78. The number of rotatable bonds is 4. The number of nitrogens with one attached hydrogen (secondary N) is 1. The van der Waals surface area contributed by atoms with Crippen molar-refractivity contribution < 1.29 is 4.79 Å². The van der Waals surface area contributed by atoms with Crippen molar-refractivity contribution in [1.29, 1.82) is 0 Å². The summed E-state index contributed by atoms with van der Waals surface area (Å²) in [5.74, 6) is 6.44. The van der Waals surface area contributed by atoms with Gasteiger partial charge in [0, 0.05) is 4.47 Å². The van der Waals surface area contributed by atoms with Crippen LogP contribution in [-0.2, 0) is 4.79 Å². The lowest BCUT2D eigenvalue weighted by molar-refractivity contribution is -0.113. The van der Waals surface area contributed by atoms with Gasteiger partial charge in [-0.2, -0.15) is 0 Å². The van der Waals surface area contributed by atoms with Gasteiger partial charge in [0.1, 0.15) is 5.82 Å². The first-order chi connectivity index (χ1) is 9.88. The molecular formula is C13H16BrN5OS. The first kappa shape index (κ1) is 15.8. The molecule has 0 bridgehead atoms. The lowest BCUT2D eigenvalue weighted by atomic mass is 10.1. The maximum atomic E-state index is 12.0. The quantitative estimate of drug-likeness (QED) is 0.638. The molecule has 1 heterocycles. The van der Waals surface area contributed by atoms with Crippen LogP contribution in [0.3, 0.4) is 0 Å². The van der Waals surface area contributed by atoms with Crippen molar-refractivity contribution in [3.8, 4) is 0 Å². The van der Waals surface area contributed by atoms with E-state index in [1.54, 1.807) is 6.92 Å². The molecule has 1 aromatic carbocycles. The van der Waals surface area contributed by atoms with Crippen LogP contribution in [0.2, 0.25) is 0 Å². The fourth-order valence-corrected chi connectivity index (χ4v) is 2.90. The fourth-order valence-electron chi connectivity index (χ4n) is 1.64. The summed E-state index contributed by atoms with van der Waals surface area (Å²) < 4.78 is 2.23. The summed E-state index contributed by atoms with van der Waals surface area (Å²) in [4.78, 5) is 12.0. The number of nitrogen functional groups attached to an aromatic ring is 1. The SMILES string of the molecule is Cc1cc(Br)c(NC(=O)CSc2nnc(C)n2N)cc1C. The van der Waals surface area contributed by atoms with E-state index in [2.05, 4.69) is 31.4 Å². The normalized spacial score (nSPS) is 10.7. The zero-order chi connectivity index (χ0) is 15.6. The number of halogens is 1. The number of aromatic nitrogens is 3. The number of nitrogens with two attached hydrogens (primary N) is 1. The van der Waals surface area contributed by atoms with Gasteiger partial charge < -0.3 is 11.2 Å². The van der Waals surface area contributed by atoms with Gasteiger partial charge >= 0.3 is 0 Å². The largest absolute Gasteiger partial charge is 0.336 e. The summed E-state index contributed by atoms with van der Waals surface area (Å²) in [5, 5.41) is 11.1. The Bertz CT molecular complexity index is 685. The molecule has 21 heavy (non-hydrogen) atoms. The zero-order valence-electron chi connectivity index (χ0n) is 12.0. The van der Waals surface area contributed by atoms with Gasteiger partial charge in [-0.15, -0.1) is 10.2 Å². The van der Waals surface area contributed by atoms with Crippen LogP contribution < -0.4 is 11.2 Å². The molecule has 2 aromatic rings. The van der Waals surface area contributed by atoms with Crippen molar-refractivity contribution in [3.05, 3.63) is 33.6 Å². The number of aryl methyl sites for hydroxylation is 3. The predicted octanol–water partition coefficient (Wildman–Crippen LogP) is 2.41. The number of anilines is 1. The van der Waals surface area contributed by atoms with Gasteiger partial charge in [0.2, 0.25) is 11.1 Å². The van der Waals surface area contributed by atoms with Gasteiger partial charge in [-0.3, -0.25) is 4.79 Å². The molecule has 1 amide bonds. The molecule has 0 atom stereocenters. The van der Waals surface area contributed by atoms with Crippen molar-refractivity contribution in [2.75, 3.05) is 16.9 Å². The molecule has 0 radical (unpaired) electrons. The number of benzene rings is 1. The Morgan fingerprint density at radius 2 is 2.00 bits per heavy atom. The summed E-state index contributed by atoms with van der Waals surface area (Å²) in [7, 11) is 0. The van der Waals surface area contributed by atoms with Gasteiger partial charge in [0.05, 0.1) is 11.4 Å². The van der Waals surface area contributed by atoms with Crippen LogP contribution in [-0.4, -0.2) is 26.5 Å². The van der Waals surface area contributed by atoms with E-state index in [1.165, 1.54) is 22.0 Å². The molecule has 6 nitrogen and oxygen atoms in total. The molecule has 0 aliphatic carbocycles. The molecule has 0 unspecified atom stereocenters. The first-order valence-electron chi connectivity index (χ1n) is 6.25. The Balaban J connectivity index is 1.99. The number of amides is 1. The third-order valence-electron chi connectivity index (χ3n) is 3.02. The molecule has 3 N–H and O–H groups in total. The smallest absolute Gasteiger partial charge is 0.234 e. The topological polar surface area (TPSA) is 85.8 Å². The summed E-state index contributed by atoms with van der Waals surface area (Å²) >= 11 is 4.70. The Hall–Kier alpha value is -1.54. The molecule has 0 fully saturated rings. The molecule has 0 saturated carbocycles. The summed E-state index contributed by atoms with van der Waals surface area (Å²) in [6, 6.07) is 3.93. The lowest BCUT2D eigenvalue weighted by Crippen LogP contribution is -2.17. The predicted molar refractivity (Wildman–Crippen MR) is 87.9 cm³/mol. The van der Waals surface area contributed by atoms with Gasteiger partial charge in [-0.05, 0) is 60.0 Å². The van der Waals surface area contributed by atoms with Gasteiger partial charge in [-0.1, -0.05) is 11.8 Å². The molecule has 0 saturated heterocycles. The average Bonchev–Trinajstić information content (AvgIpc) is 2.74. The van der Waals surface area contributed by atoms with Crippen molar-refractivity contribution >= 4 is 39.3 Å². The molecule has 2 rings (SSSR count). The second kappa shape index (κ2) is 6.48. The minimum Gasteiger partial charge on any atom is -0.336 e. The maximum Gasteiger partial charge on any atom is 0.234 e. The Labute approximate surface area is 135 Å². The molecule has 0 spiro atoms. The Morgan fingerprint density at radius 1 is 1.33 bits per heavy atom. The molecular weight excluding hydrogens is 354 g/mol. The lowest BCUT2D eigenvalue weighted by Gasteiger charge is -2.10. The van der Waals surface area contributed by atoms with E-state index in [4.69, 9.17) is 5.84 Å². The van der Waals surface area contributed by atoms with Crippen LogP contribution in [0.15, 0.2) is 21.8 Å². The van der Waals surface area contributed by atoms with Crippen LogP contribution in [0.25, 0.3) is 0 Å². The van der Waals surface area contributed by atoms with Crippen LogP contribution in [0.5, 0.6) is 0 Å². The number of hydrogen-bond acceptors (Lipinski definition) is 5. The van der Waals surface area contributed by atoms with E-state index in [1.807, 2.05) is 26.0 Å². The standard InChI is InChI=1S/C13H16BrN5OS/c1-7-4-10(14)11(5-8(7)2)16-12(20)6-21-13-18-17-9(3)19(13)15/h4-5H,6,15H2,1-3H3,(H,16,20). The van der Waals surface area contributed by atoms with Crippen LogP contribution >= 0.6 is 27.7 Å². The highest BCUT2D eigenvalue weighted by molar-refractivity contribution is 9.10. The van der Waals surface area contributed by atoms with Crippen molar-refractivity contribution in [2.45, 2.75) is 25.9 Å². The van der Waals surface area contributed by atoms with E-state index in [0.29, 0.717) is 11.0 Å². The number of carbonyl (C=O) groups excluding carboxylic acids is 1. The van der Waals surface area contributed by atoms with Crippen LogP contribution in [0, 0.1) is 20.8 Å². The number of nitrogens with zero attached hydrogens (tertiary/aromatic N) is 3. The molecule has 8 heteroatoms. The number of hydrogen-bond donors (Lipinski definition) is 2. The van der Waals surface area contributed by atoms with Gasteiger partial charge in [-0.25, -0.2) is 4.68 Å². The Kier molecular flexibility index (Phi) is 4.89. The van der Waals surface area contributed by atoms with E-state index in [0.717, 1.165) is 15.7 Å². The van der Waals surface area contributed by atoms with E-state index in [-0.39, 0.29) is 11.7 Å². The van der Waals surface area contributed by atoms with E-state index >= 15 is 0 Å². The zero-order valence-corrected chi connectivity index (χ0v) is 14.4. The summed E-state index contributed by atoms with van der Waals surface area (Å²) in [6.07, 6.45) is 0. The van der Waals surface area contributed by atoms with Crippen LogP contribution in [0.4, 0.5) is 5.69 Å². The average molecular weight is 370 g/mol. The second-order valence-corrected chi connectivity index (χ2v) is 6.45. The highest BCUT2D eigenvalue weighted by atomic mass is 79.9. The second-order valence-electron chi connectivity index (χ2n) is 4.65. The minimum absolute atomic E-state index is 0.121. The molecule has 0 aliphatic heterocycles. The van der Waals surface area contributed by atoms with Crippen molar-refractivity contribution in [2.24, 2.45) is 0 Å². The number of carbonyl (C=O) groups is 1. The molecule has 112 valence electrons. The van der Waals surface area contributed by atoms with Gasteiger partial charge in [0.25, 0.3) is 0 Å². The maximum absolute atomic E-state index is 12.0. The van der Waals surface area contributed by atoms with Crippen LogP contribution in [0.1, 0.15) is 17.0 Å². The van der Waals surface area contributed by atoms with E-state index < -0.39 is 0 Å². The third kappa shape index (κ3) is 3.76. The molecule has 1 aromatic heterocycles. The van der Waals surface area contributed by atoms with Crippen molar-refractivity contribution in [3.63, 3.8) is 0 Å². The highest BCUT2D eigenvalue weighted by Gasteiger charge is 2.11. The molecule has 0 aliphatic rings. The highest BCUT2D eigenvalue weighted by Crippen LogP contribution is 2.26. The first-order valence-corrected chi connectivity index (χ1v) is 8.03.